The zero-order chi connectivity index (χ0) is 13.5. The zero-order valence-electron chi connectivity index (χ0n) is 11.8. The van der Waals surface area contributed by atoms with Gasteiger partial charge in [0, 0.05) is 32.0 Å². The lowest BCUT2D eigenvalue weighted by atomic mass is 10.1. The number of pyridine rings is 1. The van der Waals surface area contributed by atoms with Gasteiger partial charge in [0.2, 0.25) is 0 Å². The Labute approximate surface area is 110 Å². The lowest BCUT2D eigenvalue weighted by Crippen LogP contribution is -2.32. The Morgan fingerprint density at radius 1 is 1.39 bits per heavy atom. The molecule has 0 aliphatic heterocycles. The number of aromatic nitrogens is 1. The van der Waals surface area contributed by atoms with E-state index in [0.29, 0.717) is 12.5 Å². The van der Waals surface area contributed by atoms with Crippen molar-refractivity contribution in [2.75, 3.05) is 31.7 Å². The van der Waals surface area contributed by atoms with Crippen LogP contribution < -0.4 is 4.90 Å². The first-order valence-corrected chi connectivity index (χ1v) is 6.43. The zero-order valence-corrected chi connectivity index (χ0v) is 11.8. The van der Waals surface area contributed by atoms with Gasteiger partial charge in [-0.25, -0.2) is 4.98 Å². The third kappa shape index (κ3) is 4.27. The Balaban J connectivity index is 2.95. The highest BCUT2D eigenvalue weighted by Gasteiger charge is 2.16. The molecule has 0 aromatic carbocycles. The van der Waals surface area contributed by atoms with Crippen molar-refractivity contribution in [3.8, 4) is 0 Å². The maximum absolute atomic E-state index is 9.82. The molecule has 1 rings (SSSR count). The van der Waals surface area contributed by atoms with E-state index in [-0.39, 0.29) is 0 Å². The lowest BCUT2D eigenvalue weighted by molar-refractivity contribution is 0.196. The average molecular weight is 252 g/mol. The Kier molecular flexibility index (Phi) is 6.09. The third-order valence-electron chi connectivity index (χ3n) is 2.72. The molecule has 0 unspecified atom stereocenters. The van der Waals surface area contributed by atoms with E-state index in [1.165, 1.54) is 0 Å². The third-order valence-corrected chi connectivity index (χ3v) is 2.72. The van der Waals surface area contributed by atoms with Gasteiger partial charge in [0.05, 0.1) is 12.7 Å². The Hall–Kier alpha value is -1.13. The van der Waals surface area contributed by atoms with Gasteiger partial charge in [0.15, 0.2) is 0 Å². The van der Waals surface area contributed by atoms with E-state index >= 15 is 0 Å². The van der Waals surface area contributed by atoms with Gasteiger partial charge < -0.3 is 14.7 Å². The van der Waals surface area contributed by atoms with E-state index in [1.54, 1.807) is 20.2 Å². The average Bonchev–Trinajstić information content (AvgIpc) is 2.34. The van der Waals surface area contributed by atoms with Crippen LogP contribution in [-0.2, 0) is 4.74 Å². The molecule has 1 aromatic rings. The van der Waals surface area contributed by atoms with E-state index in [2.05, 4.69) is 23.7 Å². The highest BCUT2D eigenvalue weighted by Crippen LogP contribution is 2.24. The lowest BCUT2D eigenvalue weighted by Gasteiger charge is -2.28. The number of aliphatic hydroxyl groups excluding tert-OH is 1. The van der Waals surface area contributed by atoms with Gasteiger partial charge >= 0.3 is 0 Å². The Morgan fingerprint density at radius 2 is 2.11 bits per heavy atom. The number of aliphatic hydroxyl groups is 1. The fourth-order valence-electron chi connectivity index (χ4n) is 1.93. The molecule has 1 aromatic heterocycles. The van der Waals surface area contributed by atoms with Crippen LogP contribution in [0.5, 0.6) is 0 Å². The highest BCUT2D eigenvalue weighted by atomic mass is 16.5. The van der Waals surface area contributed by atoms with Gasteiger partial charge in [-0.05, 0) is 18.9 Å². The van der Waals surface area contributed by atoms with Gasteiger partial charge in [-0.15, -0.1) is 0 Å². The van der Waals surface area contributed by atoms with E-state index in [1.807, 2.05) is 12.1 Å². The van der Waals surface area contributed by atoms with E-state index in [4.69, 9.17) is 4.74 Å². The minimum atomic E-state index is -0.508. The van der Waals surface area contributed by atoms with Gasteiger partial charge in [-0.2, -0.15) is 0 Å². The SMILES string of the molecule is COCCN(CC(C)C)c1ncccc1[C@H](C)O. The number of anilines is 1. The molecule has 0 fully saturated rings. The molecular formula is C14H24N2O2. The van der Waals surface area contributed by atoms with Crippen molar-refractivity contribution < 1.29 is 9.84 Å². The molecule has 0 saturated heterocycles. The number of hydrogen-bond donors (Lipinski definition) is 1. The van der Waals surface area contributed by atoms with Crippen LogP contribution in [0.4, 0.5) is 5.82 Å². The number of nitrogens with zero attached hydrogens (tertiary/aromatic N) is 2. The predicted octanol–water partition coefficient (Wildman–Crippen LogP) is 2.24. The van der Waals surface area contributed by atoms with Crippen LogP contribution in [0.3, 0.4) is 0 Å². The van der Waals surface area contributed by atoms with Crippen molar-refractivity contribution in [1.82, 2.24) is 4.98 Å². The summed E-state index contributed by atoms with van der Waals surface area (Å²) in [6.45, 7) is 8.45. The molecule has 102 valence electrons. The molecule has 0 bridgehead atoms. The summed E-state index contributed by atoms with van der Waals surface area (Å²) < 4.78 is 5.14. The summed E-state index contributed by atoms with van der Waals surface area (Å²) in [6.07, 6.45) is 1.26. The van der Waals surface area contributed by atoms with Crippen LogP contribution in [0.15, 0.2) is 18.3 Å². The molecule has 0 saturated carbocycles. The van der Waals surface area contributed by atoms with Crippen LogP contribution in [0.1, 0.15) is 32.4 Å². The number of ether oxygens (including phenoxy) is 1. The normalized spacial score (nSPS) is 12.8. The van der Waals surface area contributed by atoms with E-state index in [0.717, 1.165) is 24.5 Å². The van der Waals surface area contributed by atoms with Crippen molar-refractivity contribution in [2.24, 2.45) is 5.92 Å². The van der Waals surface area contributed by atoms with E-state index < -0.39 is 6.10 Å². The minimum absolute atomic E-state index is 0.508. The minimum Gasteiger partial charge on any atom is -0.389 e. The van der Waals surface area contributed by atoms with Gasteiger partial charge in [-0.3, -0.25) is 0 Å². The molecule has 1 N–H and O–H groups in total. The summed E-state index contributed by atoms with van der Waals surface area (Å²) in [6, 6.07) is 3.78. The summed E-state index contributed by atoms with van der Waals surface area (Å²) in [7, 11) is 1.70. The molecule has 4 nitrogen and oxygen atoms in total. The highest BCUT2D eigenvalue weighted by molar-refractivity contribution is 5.47. The maximum atomic E-state index is 9.82. The topological polar surface area (TPSA) is 45.6 Å². The molecule has 0 amide bonds. The molecule has 0 aliphatic carbocycles. The first-order valence-electron chi connectivity index (χ1n) is 6.43. The summed E-state index contributed by atoms with van der Waals surface area (Å²) in [5, 5.41) is 9.82. The van der Waals surface area contributed by atoms with Crippen molar-refractivity contribution in [3.63, 3.8) is 0 Å². The predicted molar refractivity (Wildman–Crippen MR) is 73.8 cm³/mol. The molecule has 0 radical (unpaired) electrons. The van der Waals surface area contributed by atoms with Gasteiger partial charge in [-0.1, -0.05) is 19.9 Å². The molecule has 1 atom stereocenters. The molecule has 0 spiro atoms. The molecule has 1 heterocycles. The maximum Gasteiger partial charge on any atom is 0.134 e. The summed E-state index contributed by atoms with van der Waals surface area (Å²) in [4.78, 5) is 6.59. The largest absolute Gasteiger partial charge is 0.389 e. The second kappa shape index (κ2) is 7.34. The standard InChI is InChI=1S/C14H24N2O2/c1-11(2)10-16(8-9-18-4)14-13(12(3)17)6-5-7-15-14/h5-7,11-12,17H,8-10H2,1-4H3/t12-/m0/s1. The number of methoxy groups -OCH3 is 1. The Morgan fingerprint density at radius 3 is 2.67 bits per heavy atom. The smallest absolute Gasteiger partial charge is 0.134 e. The quantitative estimate of drug-likeness (QED) is 0.808. The van der Waals surface area contributed by atoms with Crippen LogP contribution in [0, 0.1) is 5.92 Å². The first kappa shape index (κ1) is 14.9. The van der Waals surface area contributed by atoms with Crippen molar-refractivity contribution in [3.05, 3.63) is 23.9 Å². The second-order valence-corrected chi connectivity index (χ2v) is 4.92. The molecule has 18 heavy (non-hydrogen) atoms. The van der Waals surface area contributed by atoms with Crippen molar-refractivity contribution in [2.45, 2.75) is 26.9 Å². The summed E-state index contributed by atoms with van der Waals surface area (Å²) >= 11 is 0. The van der Waals surface area contributed by atoms with Crippen molar-refractivity contribution >= 4 is 5.82 Å². The summed E-state index contributed by atoms with van der Waals surface area (Å²) in [5.41, 5.74) is 0.870. The number of rotatable bonds is 7. The fraction of sp³-hybridized carbons (Fsp3) is 0.643. The van der Waals surface area contributed by atoms with E-state index in [9.17, 15) is 5.11 Å². The summed E-state index contributed by atoms with van der Waals surface area (Å²) in [5.74, 6) is 1.39. The van der Waals surface area contributed by atoms with Gasteiger partial charge in [0.1, 0.15) is 5.82 Å². The van der Waals surface area contributed by atoms with Crippen LogP contribution >= 0.6 is 0 Å². The van der Waals surface area contributed by atoms with Crippen LogP contribution in [0.2, 0.25) is 0 Å². The first-order chi connectivity index (χ1) is 8.56. The Bertz CT molecular complexity index is 353. The second-order valence-electron chi connectivity index (χ2n) is 4.92. The monoisotopic (exact) mass is 252 g/mol. The molecule has 0 aliphatic rings. The molecular weight excluding hydrogens is 228 g/mol. The fourth-order valence-corrected chi connectivity index (χ4v) is 1.93. The van der Waals surface area contributed by atoms with Crippen molar-refractivity contribution in [1.29, 1.82) is 0 Å². The molecule has 4 heteroatoms. The van der Waals surface area contributed by atoms with Gasteiger partial charge in [0.25, 0.3) is 0 Å². The van der Waals surface area contributed by atoms with Crippen LogP contribution in [-0.4, -0.2) is 36.9 Å². The number of hydrogen-bond acceptors (Lipinski definition) is 4. The van der Waals surface area contributed by atoms with Crippen LogP contribution in [0.25, 0.3) is 0 Å².